The number of nitrogens with zero attached hydrogens (tertiary/aromatic N) is 10. The number of rotatable bonds is 13. The average molecular weight is 1200 g/mol. The molecule has 0 aromatic heterocycles. The van der Waals surface area contributed by atoms with Crippen LogP contribution in [0.15, 0.2) is 297 Å². The van der Waals surface area contributed by atoms with E-state index < -0.39 is 0 Å². The van der Waals surface area contributed by atoms with Gasteiger partial charge in [-0.2, -0.15) is 5.26 Å². The molecule has 0 saturated heterocycles. The maximum absolute atomic E-state index is 10.9. The van der Waals surface area contributed by atoms with Crippen molar-refractivity contribution in [3.63, 3.8) is 0 Å². The van der Waals surface area contributed by atoms with Crippen LogP contribution in [-0.2, 0) is 0 Å². The summed E-state index contributed by atoms with van der Waals surface area (Å²) in [5, 5.41) is 45.6. The fourth-order valence-electron chi connectivity index (χ4n) is 9.64. The lowest BCUT2D eigenvalue weighted by atomic mass is 10.1. The van der Waals surface area contributed by atoms with Crippen molar-refractivity contribution in [1.82, 2.24) is 0 Å². The van der Waals surface area contributed by atoms with E-state index in [4.69, 9.17) is 11.8 Å². The van der Waals surface area contributed by atoms with Gasteiger partial charge in [-0.15, -0.1) is 0 Å². The molecule has 12 rings (SSSR count). The van der Waals surface area contributed by atoms with E-state index >= 15 is 0 Å². The number of fused-ring (bicyclic) bond motifs is 2. The van der Waals surface area contributed by atoms with Crippen molar-refractivity contribution in [2.75, 3.05) is 59.7 Å². The monoisotopic (exact) mass is 1200 g/mol. The summed E-state index contributed by atoms with van der Waals surface area (Å²) >= 11 is 0. The Morgan fingerprint density at radius 3 is 1.05 bits per heavy atom. The first-order chi connectivity index (χ1) is 44.1. The van der Waals surface area contributed by atoms with Crippen LogP contribution >= 0.6 is 0 Å². The molecule has 16 nitrogen and oxygen atoms in total. The quantitative estimate of drug-likeness (QED) is 0.0608. The molecule has 0 atom stereocenters. The zero-order chi connectivity index (χ0) is 64.7. The van der Waals surface area contributed by atoms with Crippen molar-refractivity contribution in [3.8, 4) is 6.07 Å². The summed E-state index contributed by atoms with van der Waals surface area (Å²) in [4.78, 5) is 44.7. The minimum absolute atomic E-state index is 0.0968. The molecule has 16 heteroatoms. The highest BCUT2D eigenvalue weighted by molar-refractivity contribution is 5.97. The fraction of sp³-hybridized carbons (Fsp3) is 0.0667. The van der Waals surface area contributed by atoms with Gasteiger partial charge < -0.3 is 24.5 Å². The van der Waals surface area contributed by atoms with Gasteiger partial charge in [0.05, 0.1) is 33.0 Å². The molecule has 0 amide bonds. The molecular weight excluding hydrogens is 1140 g/mol. The Morgan fingerprint density at radius 1 is 0.330 bits per heavy atom. The highest BCUT2D eigenvalue weighted by Gasteiger charge is 2.14. The van der Waals surface area contributed by atoms with Crippen molar-refractivity contribution in [1.29, 1.82) is 5.26 Å². The van der Waals surface area contributed by atoms with E-state index in [1.54, 1.807) is 36.4 Å². The summed E-state index contributed by atoms with van der Waals surface area (Å²) in [5.74, 6) is 0. The number of nitro benzene ring substituents is 3. The van der Waals surface area contributed by atoms with Crippen molar-refractivity contribution in [2.24, 2.45) is 0 Å². The third-order valence-electron chi connectivity index (χ3n) is 14.7. The SMILES string of the molecule is CN(c1ccc([N+](=O)[O-])cc1)c1cccc2ccccc12.CN(c1cccc([N+](=O)[O-])c1)c1cccc2ccccc12.CN(c1ccccc1)c1ccc(C#N)cc1.CN(c1ccccc1)c1cccc([N+](=O)[O-])c1.[C-]#[N+]c1cccc(N(C)c2ccccc2)c1. The number of hydrogen-bond donors (Lipinski definition) is 0. The van der Waals surface area contributed by atoms with Gasteiger partial charge in [0.25, 0.3) is 17.1 Å². The largest absolute Gasteiger partial charge is 0.346 e. The average Bonchev–Trinajstić information content (AvgIpc) is 1.03. The van der Waals surface area contributed by atoms with Crippen LogP contribution < -0.4 is 24.5 Å². The Kier molecular flexibility index (Phi) is 22.4. The zero-order valence-corrected chi connectivity index (χ0v) is 50.7. The Bertz CT molecular complexity index is 4460. The second-order valence-corrected chi connectivity index (χ2v) is 20.4. The van der Waals surface area contributed by atoms with Gasteiger partial charge in [-0.1, -0.05) is 152 Å². The van der Waals surface area contributed by atoms with Crippen molar-refractivity contribution >= 4 is 101 Å². The van der Waals surface area contributed by atoms with Crippen molar-refractivity contribution < 1.29 is 14.8 Å². The summed E-state index contributed by atoms with van der Waals surface area (Å²) in [6, 6.07) is 95.5. The number of benzene rings is 12. The molecule has 0 radical (unpaired) electrons. The van der Waals surface area contributed by atoms with Gasteiger partial charge in [0.1, 0.15) is 0 Å². The topological polar surface area (TPSA) is 174 Å². The fourth-order valence-corrected chi connectivity index (χ4v) is 9.64. The second kappa shape index (κ2) is 31.6. The third-order valence-corrected chi connectivity index (χ3v) is 14.7. The lowest BCUT2D eigenvalue weighted by molar-refractivity contribution is -0.385. The van der Waals surface area contributed by atoms with Crippen molar-refractivity contribution in [3.05, 3.63) is 345 Å². The molecule has 0 heterocycles. The van der Waals surface area contributed by atoms with Gasteiger partial charge in [0.2, 0.25) is 0 Å². The summed E-state index contributed by atoms with van der Waals surface area (Å²) in [7, 11) is 9.77. The second-order valence-electron chi connectivity index (χ2n) is 20.4. The molecule has 0 N–H and O–H groups in total. The van der Waals surface area contributed by atoms with E-state index in [1.807, 2.05) is 238 Å². The molecule has 450 valence electrons. The smallest absolute Gasteiger partial charge is 0.271 e. The maximum Gasteiger partial charge on any atom is 0.271 e. The molecule has 0 spiro atoms. The first kappa shape index (κ1) is 64.3. The van der Waals surface area contributed by atoms with E-state index in [0.717, 1.165) is 73.0 Å². The van der Waals surface area contributed by atoms with Gasteiger partial charge in [0.15, 0.2) is 5.69 Å². The van der Waals surface area contributed by atoms with Crippen LogP contribution in [0, 0.1) is 48.2 Å². The molecule has 0 bridgehead atoms. The Morgan fingerprint density at radius 2 is 0.637 bits per heavy atom. The number of nitro groups is 3. The van der Waals surface area contributed by atoms with Crippen LogP contribution in [0.2, 0.25) is 0 Å². The van der Waals surface area contributed by atoms with E-state index in [2.05, 4.69) is 69.2 Å². The van der Waals surface area contributed by atoms with Crippen LogP contribution in [0.25, 0.3) is 26.4 Å². The zero-order valence-electron chi connectivity index (χ0n) is 50.7. The molecular formula is C75H64N10O6. The summed E-state index contributed by atoms with van der Waals surface area (Å²) in [5.41, 5.74) is 11.6. The van der Waals surface area contributed by atoms with Crippen LogP contribution in [0.4, 0.5) is 79.6 Å². The summed E-state index contributed by atoms with van der Waals surface area (Å²) in [6.07, 6.45) is 0. The van der Waals surface area contributed by atoms with Gasteiger partial charge >= 0.3 is 0 Å². The highest BCUT2D eigenvalue weighted by atomic mass is 16.6. The maximum atomic E-state index is 10.9. The highest BCUT2D eigenvalue weighted by Crippen LogP contribution is 2.35. The van der Waals surface area contributed by atoms with Gasteiger partial charge in [-0.05, 0) is 120 Å². The van der Waals surface area contributed by atoms with E-state index in [0.29, 0.717) is 11.3 Å². The van der Waals surface area contributed by atoms with E-state index in [1.165, 1.54) is 29.7 Å². The third kappa shape index (κ3) is 17.3. The molecule has 0 aliphatic carbocycles. The molecule has 0 fully saturated rings. The van der Waals surface area contributed by atoms with Crippen LogP contribution in [0.5, 0.6) is 0 Å². The minimum Gasteiger partial charge on any atom is -0.346 e. The normalized spacial score (nSPS) is 10.1. The molecule has 0 aliphatic heterocycles. The van der Waals surface area contributed by atoms with Crippen LogP contribution in [0.3, 0.4) is 0 Å². The lowest BCUT2D eigenvalue weighted by Crippen LogP contribution is -2.10. The van der Waals surface area contributed by atoms with E-state index in [-0.39, 0.29) is 31.8 Å². The number of para-hydroxylation sites is 3. The first-order valence-electron chi connectivity index (χ1n) is 28.6. The minimum atomic E-state index is -0.387. The molecule has 12 aromatic rings. The van der Waals surface area contributed by atoms with Gasteiger partial charge in [-0.25, -0.2) is 4.85 Å². The molecule has 12 aromatic carbocycles. The first-order valence-corrected chi connectivity index (χ1v) is 28.6. The number of hydrogen-bond acceptors (Lipinski definition) is 12. The summed E-state index contributed by atoms with van der Waals surface area (Å²) < 4.78 is 0. The van der Waals surface area contributed by atoms with Gasteiger partial charge in [0, 0.05) is 139 Å². The Labute approximate surface area is 529 Å². The molecule has 0 unspecified atom stereocenters. The molecule has 0 saturated carbocycles. The van der Waals surface area contributed by atoms with Crippen molar-refractivity contribution in [2.45, 2.75) is 0 Å². The van der Waals surface area contributed by atoms with Crippen LogP contribution in [-0.4, -0.2) is 50.0 Å². The molecule has 91 heavy (non-hydrogen) atoms. The predicted octanol–water partition coefficient (Wildman–Crippen LogP) is 19.7. The number of non-ortho nitro benzene ring substituents is 3. The Balaban J connectivity index is 0.000000147. The van der Waals surface area contributed by atoms with E-state index in [9.17, 15) is 30.3 Å². The lowest BCUT2D eigenvalue weighted by Gasteiger charge is -2.21. The predicted molar refractivity (Wildman–Crippen MR) is 371 cm³/mol. The summed E-state index contributed by atoms with van der Waals surface area (Å²) in [6.45, 7) is 6.99. The number of anilines is 10. The standard InChI is InChI=1S/2C17H14N2O2.2C14H12N2.C13H12N2O2/c1-18(14-8-5-9-15(12-14)19(20)21)17-11-4-7-13-6-2-3-10-16(13)17;1-18(14-9-11-15(12-10-14)19(20)21)17-8-4-6-13-5-2-3-7-16(13)17;1-15-12-7-6-10-14(11-12)16(2)13-8-4-3-5-9-13;1-16(13-5-3-2-4-6-13)14-9-7-12(11-15)8-10-14;1-14(11-6-3-2-4-7-11)12-8-5-9-13(10-12)15(16)17/h2*2-12H,1H3;3-11H,2H3;2-10H,1H3;2-10H,1H3. The molecule has 0 aliphatic rings. The van der Waals surface area contributed by atoms with Gasteiger partial charge in [-0.3, -0.25) is 30.3 Å². The Hall–Kier alpha value is -12.7. The number of nitriles is 1. The van der Waals surface area contributed by atoms with Crippen LogP contribution in [0.1, 0.15) is 5.56 Å².